The van der Waals surface area contributed by atoms with Crippen LogP contribution in [0.5, 0.6) is 0 Å². The molecule has 0 aliphatic carbocycles. The first-order chi connectivity index (χ1) is 14.8. The first-order valence-electron chi connectivity index (χ1n) is 9.76. The van der Waals surface area contributed by atoms with Crippen LogP contribution in [0.3, 0.4) is 0 Å². The molecule has 4 aromatic rings. The van der Waals surface area contributed by atoms with Gasteiger partial charge in [-0.15, -0.1) is 0 Å². The summed E-state index contributed by atoms with van der Waals surface area (Å²) in [7, 11) is 0. The lowest BCUT2D eigenvalue weighted by Gasteiger charge is -2.15. The number of aromatic nitrogens is 3. The van der Waals surface area contributed by atoms with E-state index in [1.165, 1.54) is 0 Å². The summed E-state index contributed by atoms with van der Waals surface area (Å²) in [5.41, 5.74) is 4.66. The van der Waals surface area contributed by atoms with E-state index in [1.54, 1.807) is 24.4 Å². The third-order valence-electron chi connectivity index (χ3n) is 5.42. The van der Waals surface area contributed by atoms with Crippen LogP contribution in [-0.4, -0.2) is 20.9 Å². The molecule has 0 saturated carbocycles. The maximum absolute atomic E-state index is 12.2. The number of fused-ring (bicyclic) bond motifs is 2. The van der Waals surface area contributed by atoms with Crippen LogP contribution in [0.15, 0.2) is 51.8 Å². The Morgan fingerprint density at radius 3 is 2.65 bits per heavy atom. The Labute approximate surface area is 176 Å². The van der Waals surface area contributed by atoms with Gasteiger partial charge in [-0.2, -0.15) is 4.98 Å². The van der Waals surface area contributed by atoms with Crippen LogP contribution in [0.25, 0.3) is 11.1 Å². The minimum Gasteiger partial charge on any atom is -0.408 e. The predicted molar refractivity (Wildman–Crippen MR) is 118 cm³/mol. The standard InChI is InChI=1S/C22H20N6O3/c1-11-10-23-20(25-13-4-6-14-15(8-13)26-19(29)22(14,2)3)28-18(11)24-12-5-7-17-16(9-12)27-21(30)31-17/h4-10H,1-3H3,(H,26,29)(H,27,30)(H2,23,24,25,28). The van der Waals surface area contributed by atoms with E-state index in [4.69, 9.17) is 4.42 Å². The molecule has 0 radical (unpaired) electrons. The quantitative estimate of drug-likeness (QED) is 0.397. The van der Waals surface area contributed by atoms with Crippen molar-refractivity contribution in [3.05, 3.63) is 64.3 Å². The molecule has 0 atom stereocenters. The van der Waals surface area contributed by atoms with Gasteiger partial charge < -0.3 is 20.4 Å². The van der Waals surface area contributed by atoms with Crippen LogP contribution in [0.1, 0.15) is 25.0 Å². The zero-order valence-electron chi connectivity index (χ0n) is 17.2. The van der Waals surface area contributed by atoms with Gasteiger partial charge in [0, 0.05) is 28.8 Å². The molecule has 0 saturated heterocycles. The number of nitrogens with zero attached hydrogens (tertiary/aromatic N) is 2. The third kappa shape index (κ3) is 3.29. The average molecular weight is 416 g/mol. The number of anilines is 5. The van der Waals surface area contributed by atoms with Gasteiger partial charge in [0.05, 0.1) is 10.9 Å². The number of hydrogen-bond donors (Lipinski definition) is 4. The predicted octanol–water partition coefficient (Wildman–Crippen LogP) is 3.94. The molecule has 3 heterocycles. The maximum atomic E-state index is 12.2. The third-order valence-corrected chi connectivity index (χ3v) is 5.42. The van der Waals surface area contributed by atoms with Crippen molar-refractivity contribution >= 4 is 45.8 Å². The van der Waals surface area contributed by atoms with Crippen molar-refractivity contribution in [2.45, 2.75) is 26.2 Å². The summed E-state index contributed by atoms with van der Waals surface area (Å²) >= 11 is 0. The Hall–Kier alpha value is -4.14. The zero-order valence-corrected chi connectivity index (χ0v) is 17.2. The Kier molecular flexibility index (Phi) is 4.07. The molecular weight excluding hydrogens is 396 g/mol. The highest BCUT2D eigenvalue weighted by atomic mass is 16.4. The van der Waals surface area contributed by atoms with E-state index in [-0.39, 0.29) is 5.91 Å². The van der Waals surface area contributed by atoms with Crippen molar-refractivity contribution < 1.29 is 9.21 Å². The summed E-state index contributed by atoms with van der Waals surface area (Å²) in [5.74, 6) is 0.521. The fraction of sp³-hybridized carbons (Fsp3) is 0.182. The monoisotopic (exact) mass is 416 g/mol. The molecule has 9 nitrogen and oxygen atoms in total. The number of nitrogens with one attached hydrogen (secondary N) is 4. The van der Waals surface area contributed by atoms with Crippen LogP contribution in [0.4, 0.5) is 28.8 Å². The fourth-order valence-corrected chi connectivity index (χ4v) is 3.60. The number of hydrogen-bond acceptors (Lipinski definition) is 7. The summed E-state index contributed by atoms with van der Waals surface area (Å²) < 4.78 is 5.03. The largest absolute Gasteiger partial charge is 0.417 e. The number of aromatic amines is 1. The van der Waals surface area contributed by atoms with E-state index in [2.05, 4.69) is 30.9 Å². The minimum atomic E-state index is -0.550. The maximum Gasteiger partial charge on any atom is 0.417 e. The van der Waals surface area contributed by atoms with Crippen molar-refractivity contribution in [1.29, 1.82) is 0 Å². The lowest BCUT2D eigenvalue weighted by atomic mass is 9.86. The molecule has 31 heavy (non-hydrogen) atoms. The van der Waals surface area contributed by atoms with E-state index >= 15 is 0 Å². The number of H-pyrrole nitrogens is 1. The van der Waals surface area contributed by atoms with Gasteiger partial charge in [-0.05, 0) is 56.7 Å². The van der Waals surface area contributed by atoms with Gasteiger partial charge in [0.25, 0.3) is 0 Å². The molecule has 1 aliphatic heterocycles. The van der Waals surface area contributed by atoms with Crippen molar-refractivity contribution in [3.8, 4) is 0 Å². The van der Waals surface area contributed by atoms with Crippen LogP contribution < -0.4 is 21.7 Å². The lowest BCUT2D eigenvalue weighted by Crippen LogP contribution is -2.26. The molecule has 4 N–H and O–H groups in total. The molecule has 0 fully saturated rings. The van der Waals surface area contributed by atoms with Gasteiger partial charge in [-0.3, -0.25) is 9.78 Å². The Bertz CT molecular complexity index is 1400. The summed E-state index contributed by atoms with van der Waals surface area (Å²) in [6, 6.07) is 11.0. The number of carbonyl (C=O) groups is 1. The Morgan fingerprint density at radius 1 is 1.03 bits per heavy atom. The van der Waals surface area contributed by atoms with Gasteiger partial charge >= 0.3 is 5.76 Å². The number of aryl methyl sites for hydroxylation is 1. The number of amides is 1. The zero-order chi connectivity index (χ0) is 21.8. The minimum absolute atomic E-state index is 0.0198. The van der Waals surface area contributed by atoms with Crippen molar-refractivity contribution in [1.82, 2.24) is 15.0 Å². The molecule has 1 aliphatic rings. The highest BCUT2D eigenvalue weighted by Crippen LogP contribution is 2.39. The van der Waals surface area contributed by atoms with Gasteiger partial charge in [0.2, 0.25) is 11.9 Å². The first kappa shape index (κ1) is 18.9. The van der Waals surface area contributed by atoms with Crippen LogP contribution >= 0.6 is 0 Å². The molecule has 5 rings (SSSR count). The molecule has 0 spiro atoms. The lowest BCUT2D eigenvalue weighted by molar-refractivity contribution is -0.119. The molecule has 156 valence electrons. The number of rotatable bonds is 4. The van der Waals surface area contributed by atoms with Crippen molar-refractivity contribution in [2.24, 2.45) is 0 Å². The van der Waals surface area contributed by atoms with Crippen LogP contribution in [-0.2, 0) is 10.2 Å². The summed E-state index contributed by atoms with van der Waals surface area (Å²) in [6.45, 7) is 5.70. The first-order valence-corrected chi connectivity index (χ1v) is 9.76. The van der Waals surface area contributed by atoms with Crippen LogP contribution in [0, 0.1) is 6.92 Å². The van der Waals surface area contributed by atoms with E-state index in [0.717, 1.165) is 28.2 Å². The molecule has 1 amide bonds. The van der Waals surface area contributed by atoms with E-state index in [0.29, 0.717) is 22.9 Å². The number of carbonyl (C=O) groups excluding carboxylic acids is 1. The molecule has 0 unspecified atom stereocenters. The Balaban J connectivity index is 1.40. The highest BCUT2D eigenvalue weighted by molar-refractivity contribution is 6.06. The van der Waals surface area contributed by atoms with E-state index in [9.17, 15) is 9.59 Å². The second-order valence-electron chi connectivity index (χ2n) is 8.04. The highest BCUT2D eigenvalue weighted by Gasteiger charge is 2.38. The van der Waals surface area contributed by atoms with Gasteiger partial charge in [0.15, 0.2) is 5.58 Å². The summed E-state index contributed by atoms with van der Waals surface area (Å²) in [4.78, 5) is 35.1. The van der Waals surface area contributed by atoms with Gasteiger partial charge in [-0.1, -0.05) is 6.07 Å². The summed E-state index contributed by atoms with van der Waals surface area (Å²) in [5, 5.41) is 9.35. The second-order valence-corrected chi connectivity index (χ2v) is 8.04. The molecule has 0 bridgehead atoms. The van der Waals surface area contributed by atoms with Gasteiger partial charge in [0.1, 0.15) is 5.82 Å². The molecule has 9 heteroatoms. The van der Waals surface area contributed by atoms with Crippen LogP contribution in [0.2, 0.25) is 0 Å². The molecular formula is C22H20N6O3. The second kappa shape index (κ2) is 6.69. The molecule has 2 aromatic carbocycles. The fourth-order valence-electron chi connectivity index (χ4n) is 3.60. The molecule has 2 aromatic heterocycles. The number of oxazole rings is 1. The SMILES string of the molecule is Cc1cnc(Nc2ccc3c(c2)NC(=O)C3(C)C)nc1Nc1ccc2oc(=O)[nH]c2c1. The number of benzene rings is 2. The topological polar surface area (TPSA) is 125 Å². The summed E-state index contributed by atoms with van der Waals surface area (Å²) in [6.07, 6.45) is 1.72. The smallest absolute Gasteiger partial charge is 0.408 e. The van der Waals surface area contributed by atoms with Crippen molar-refractivity contribution in [2.75, 3.05) is 16.0 Å². The van der Waals surface area contributed by atoms with E-state index < -0.39 is 11.2 Å². The Morgan fingerprint density at radius 2 is 1.81 bits per heavy atom. The average Bonchev–Trinajstić information content (AvgIpc) is 3.19. The van der Waals surface area contributed by atoms with E-state index in [1.807, 2.05) is 39.0 Å². The van der Waals surface area contributed by atoms with Gasteiger partial charge in [-0.25, -0.2) is 9.78 Å². The van der Waals surface area contributed by atoms with Crippen molar-refractivity contribution in [3.63, 3.8) is 0 Å². The normalized spacial score (nSPS) is 14.4.